The second-order valence-corrected chi connectivity index (χ2v) is 9.31. The van der Waals surface area contributed by atoms with Gasteiger partial charge < -0.3 is 10.2 Å². The number of nitrogens with one attached hydrogen (secondary N) is 2. The van der Waals surface area contributed by atoms with Crippen molar-refractivity contribution >= 4 is 51.6 Å². The molecule has 0 bridgehead atoms. The number of halogens is 2. The molecule has 168 valence electrons. The van der Waals surface area contributed by atoms with E-state index in [-0.39, 0.29) is 11.9 Å². The third-order valence-corrected chi connectivity index (χ3v) is 6.39. The van der Waals surface area contributed by atoms with E-state index in [9.17, 15) is 9.59 Å². The highest BCUT2D eigenvalue weighted by molar-refractivity contribution is 7.13. The number of thiazole rings is 1. The number of hydrogen-bond acceptors (Lipinski definition) is 4. The number of carbonyl (C=O) groups is 2. The van der Waals surface area contributed by atoms with Crippen LogP contribution >= 0.6 is 34.5 Å². The van der Waals surface area contributed by atoms with E-state index in [1.807, 2.05) is 38.3 Å². The van der Waals surface area contributed by atoms with Gasteiger partial charge in [0.2, 0.25) is 0 Å². The third-order valence-electron chi connectivity index (χ3n) is 4.85. The molecule has 0 radical (unpaired) electrons. The number of urea groups is 1. The van der Waals surface area contributed by atoms with Crippen LogP contribution in [0.1, 0.15) is 38.3 Å². The average molecular weight is 491 g/mol. The zero-order valence-electron chi connectivity index (χ0n) is 18.3. The molecule has 3 rings (SSSR count). The smallest absolute Gasteiger partial charge is 0.321 e. The van der Waals surface area contributed by atoms with Crippen LogP contribution in [-0.2, 0) is 13.1 Å². The van der Waals surface area contributed by atoms with Gasteiger partial charge in [-0.2, -0.15) is 0 Å². The minimum Gasteiger partial charge on any atom is -0.336 e. The minimum atomic E-state index is -0.382. The summed E-state index contributed by atoms with van der Waals surface area (Å²) >= 11 is 13.2. The normalized spacial score (nSPS) is 10.7. The van der Waals surface area contributed by atoms with Crippen molar-refractivity contribution in [3.63, 3.8) is 0 Å². The molecule has 2 aromatic carbocycles. The van der Waals surface area contributed by atoms with Gasteiger partial charge in [0.1, 0.15) is 0 Å². The zero-order valence-corrected chi connectivity index (χ0v) is 20.6. The van der Waals surface area contributed by atoms with Gasteiger partial charge in [-0.25, -0.2) is 9.78 Å². The first-order chi connectivity index (χ1) is 15.1. The number of amides is 3. The monoisotopic (exact) mass is 490 g/mol. The van der Waals surface area contributed by atoms with Crippen molar-refractivity contribution in [3.8, 4) is 0 Å². The fraction of sp³-hybridized carbons (Fsp3) is 0.261. The van der Waals surface area contributed by atoms with Crippen LogP contribution in [0.4, 0.5) is 9.93 Å². The number of aromatic nitrogens is 1. The molecule has 0 spiro atoms. The first kappa shape index (κ1) is 24.0. The second-order valence-electron chi connectivity index (χ2n) is 7.64. The lowest BCUT2D eigenvalue weighted by Gasteiger charge is -2.19. The van der Waals surface area contributed by atoms with Crippen LogP contribution in [0.3, 0.4) is 0 Å². The number of hydrogen-bond donors (Lipinski definition) is 2. The molecule has 32 heavy (non-hydrogen) atoms. The van der Waals surface area contributed by atoms with E-state index in [1.54, 1.807) is 30.1 Å². The number of anilines is 1. The number of carbonyl (C=O) groups excluding carboxylic acids is 2. The van der Waals surface area contributed by atoms with Crippen molar-refractivity contribution in [1.82, 2.24) is 15.2 Å². The maximum atomic E-state index is 13.0. The Balaban J connectivity index is 1.56. The van der Waals surface area contributed by atoms with Gasteiger partial charge in [-0.3, -0.25) is 10.1 Å². The molecule has 3 amide bonds. The predicted molar refractivity (Wildman–Crippen MR) is 131 cm³/mol. The molecule has 9 heteroatoms. The molecule has 0 atom stereocenters. The summed E-state index contributed by atoms with van der Waals surface area (Å²) in [7, 11) is 1.75. The summed E-state index contributed by atoms with van der Waals surface area (Å²) in [6, 6.07) is 8.82. The molecule has 0 aliphatic carbocycles. The molecule has 0 fully saturated rings. The largest absolute Gasteiger partial charge is 0.336 e. The summed E-state index contributed by atoms with van der Waals surface area (Å²) in [5.41, 5.74) is 5.29. The Hall–Kier alpha value is -2.61. The standard InChI is InChI=1S/C23H24Cl2N4O2S/c1-13-7-14(2)20(15(3)8-13)21(30)29(4)11-17-12-32-23(27-17)28-22(31)26-10-16-5-6-18(24)19(25)9-16/h5-9,12H,10-11H2,1-4H3,(H2,26,27,28,31). The number of nitrogens with zero attached hydrogens (tertiary/aromatic N) is 2. The lowest BCUT2D eigenvalue weighted by Crippen LogP contribution is -2.28. The molecule has 0 saturated heterocycles. The van der Waals surface area contributed by atoms with Crippen LogP contribution in [0.2, 0.25) is 10.0 Å². The Kier molecular flexibility index (Phi) is 7.77. The van der Waals surface area contributed by atoms with Crippen LogP contribution in [-0.4, -0.2) is 28.9 Å². The summed E-state index contributed by atoms with van der Waals surface area (Å²) < 4.78 is 0. The lowest BCUT2D eigenvalue weighted by molar-refractivity contribution is 0.0782. The van der Waals surface area contributed by atoms with Crippen molar-refractivity contribution < 1.29 is 9.59 Å². The van der Waals surface area contributed by atoms with E-state index in [0.29, 0.717) is 39.5 Å². The van der Waals surface area contributed by atoms with Gasteiger partial charge >= 0.3 is 6.03 Å². The van der Waals surface area contributed by atoms with Crippen LogP contribution < -0.4 is 10.6 Å². The quantitative estimate of drug-likeness (QED) is 0.446. The van der Waals surface area contributed by atoms with Gasteiger partial charge in [0.05, 0.1) is 22.3 Å². The maximum absolute atomic E-state index is 13.0. The van der Waals surface area contributed by atoms with E-state index in [4.69, 9.17) is 23.2 Å². The fourth-order valence-electron chi connectivity index (χ4n) is 3.43. The van der Waals surface area contributed by atoms with Gasteiger partial charge in [0.25, 0.3) is 5.91 Å². The molecule has 1 aromatic heterocycles. The van der Waals surface area contributed by atoms with E-state index >= 15 is 0 Å². The summed E-state index contributed by atoms with van der Waals surface area (Å²) in [6.45, 7) is 6.55. The van der Waals surface area contributed by atoms with Crippen molar-refractivity contribution in [3.05, 3.63) is 79.3 Å². The molecule has 0 aliphatic rings. The van der Waals surface area contributed by atoms with Gasteiger partial charge in [-0.05, 0) is 49.6 Å². The Morgan fingerprint density at radius 3 is 2.41 bits per heavy atom. The summed E-state index contributed by atoms with van der Waals surface area (Å²) in [5.74, 6) is -0.0538. The van der Waals surface area contributed by atoms with Gasteiger partial charge in [0.15, 0.2) is 5.13 Å². The zero-order chi connectivity index (χ0) is 23.4. The maximum Gasteiger partial charge on any atom is 0.321 e. The van der Waals surface area contributed by atoms with Gasteiger partial charge in [-0.1, -0.05) is 47.0 Å². The first-order valence-electron chi connectivity index (χ1n) is 9.90. The Bertz CT molecular complexity index is 1140. The topological polar surface area (TPSA) is 74.3 Å². The molecular formula is C23H24Cl2N4O2S. The molecular weight excluding hydrogens is 467 g/mol. The SMILES string of the molecule is Cc1cc(C)c(C(=O)N(C)Cc2csc(NC(=O)NCc3ccc(Cl)c(Cl)c3)n2)c(C)c1. The minimum absolute atomic E-state index is 0.0538. The highest BCUT2D eigenvalue weighted by Gasteiger charge is 2.18. The van der Waals surface area contributed by atoms with Crippen molar-refractivity contribution in [2.45, 2.75) is 33.9 Å². The summed E-state index contributed by atoms with van der Waals surface area (Å²) in [6.07, 6.45) is 0. The van der Waals surface area contributed by atoms with Gasteiger partial charge in [0, 0.05) is 24.5 Å². The summed E-state index contributed by atoms with van der Waals surface area (Å²) in [5, 5.41) is 8.64. The summed E-state index contributed by atoms with van der Waals surface area (Å²) in [4.78, 5) is 31.2. The highest BCUT2D eigenvalue weighted by atomic mass is 35.5. The molecule has 0 aliphatic heterocycles. The molecule has 3 aromatic rings. The molecule has 2 N–H and O–H groups in total. The van der Waals surface area contributed by atoms with Crippen LogP contribution in [0.5, 0.6) is 0 Å². The number of benzene rings is 2. The number of aryl methyl sites for hydroxylation is 3. The Morgan fingerprint density at radius 1 is 1.06 bits per heavy atom. The van der Waals surface area contributed by atoms with Gasteiger partial charge in [-0.15, -0.1) is 11.3 Å². The third kappa shape index (κ3) is 6.00. The van der Waals surface area contributed by atoms with E-state index < -0.39 is 0 Å². The molecule has 1 heterocycles. The van der Waals surface area contributed by atoms with Crippen LogP contribution in [0, 0.1) is 20.8 Å². The molecule has 0 unspecified atom stereocenters. The van der Waals surface area contributed by atoms with Crippen molar-refractivity contribution in [2.75, 3.05) is 12.4 Å². The first-order valence-corrected chi connectivity index (χ1v) is 11.5. The van der Waals surface area contributed by atoms with Crippen molar-refractivity contribution in [2.24, 2.45) is 0 Å². The van der Waals surface area contributed by atoms with Crippen molar-refractivity contribution in [1.29, 1.82) is 0 Å². The Morgan fingerprint density at radius 2 is 1.75 bits per heavy atom. The van der Waals surface area contributed by atoms with Crippen LogP contribution in [0.15, 0.2) is 35.7 Å². The van der Waals surface area contributed by atoms with E-state index in [0.717, 1.165) is 22.3 Å². The molecule has 0 saturated carbocycles. The van der Waals surface area contributed by atoms with E-state index in [1.165, 1.54) is 11.3 Å². The number of rotatable bonds is 6. The predicted octanol–water partition coefficient (Wildman–Crippen LogP) is 5.97. The van der Waals surface area contributed by atoms with Crippen LogP contribution in [0.25, 0.3) is 0 Å². The highest BCUT2D eigenvalue weighted by Crippen LogP contribution is 2.23. The van der Waals surface area contributed by atoms with E-state index in [2.05, 4.69) is 15.6 Å². The average Bonchev–Trinajstić information content (AvgIpc) is 3.14. The molecule has 6 nitrogen and oxygen atoms in total. The Labute approximate surface area is 201 Å². The second kappa shape index (κ2) is 10.3. The fourth-order valence-corrected chi connectivity index (χ4v) is 4.45. The lowest BCUT2D eigenvalue weighted by atomic mass is 9.99.